The Bertz CT molecular complexity index is 700. The SMILES string of the molecule is O=C(Nc1ccc(N2CCCCC2)cn1)c1coc(C2CCC2)n1. The molecule has 1 saturated heterocycles. The number of rotatable bonds is 4. The number of pyridine rings is 1. The third-order valence-corrected chi connectivity index (χ3v) is 4.92. The largest absolute Gasteiger partial charge is 0.448 e. The minimum absolute atomic E-state index is 0.275. The Hall–Kier alpha value is -2.37. The Morgan fingerprint density at radius 1 is 1.17 bits per heavy atom. The summed E-state index contributed by atoms with van der Waals surface area (Å²) in [5.41, 5.74) is 1.43. The summed E-state index contributed by atoms with van der Waals surface area (Å²) >= 11 is 0. The summed E-state index contributed by atoms with van der Waals surface area (Å²) in [5.74, 6) is 1.32. The van der Waals surface area contributed by atoms with E-state index in [0.29, 0.717) is 23.3 Å². The molecule has 1 amide bonds. The summed E-state index contributed by atoms with van der Waals surface area (Å²) in [6, 6.07) is 3.85. The number of aromatic nitrogens is 2. The molecule has 2 aliphatic rings. The van der Waals surface area contributed by atoms with Crippen LogP contribution in [-0.2, 0) is 0 Å². The molecule has 126 valence electrons. The Kier molecular flexibility index (Phi) is 4.19. The molecule has 0 unspecified atom stereocenters. The fourth-order valence-corrected chi connectivity index (χ4v) is 3.21. The number of carbonyl (C=O) groups is 1. The molecule has 2 aromatic rings. The number of hydrogen-bond acceptors (Lipinski definition) is 5. The van der Waals surface area contributed by atoms with Gasteiger partial charge in [0.1, 0.15) is 12.1 Å². The van der Waals surface area contributed by atoms with Gasteiger partial charge in [0.05, 0.1) is 11.9 Å². The van der Waals surface area contributed by atoms with Gasteiger partial charge in [-0.1, -0.05) is 6.42 Å². The van der Waals surface area contributed by atoms with Crippen LogP contribution >= 0.6 is 0 Å². The first-order chi connectivity index (χ1) is 11.8. The molecule has 0 radical (unpaired) electrons. The highest BCUT2D eigenvalue weighted by atomic mass is 16.3. The first kappa shape index (κ1) is 15.2. The zero-order chi connectivity index (χ0) is 16.4. The number of nitrogens with one attached hydrogen (secondary N) is 1. The van der Waals surface area contributed by atoms with Gasteiger partial charge in [0.2, 0.25) is 0 Å². The van der Waals surface area contributed by atoms with Crippen molar-refractivity contribution in [2.75, 3.05) is 23.3 Å². The minimum Gasteiger partial charge on any atom is -0.448 e. The number of nitrogens with zero attached hydrogens (tertiary/aromatic N) is 3. The van der Waals surface area contributed by atoms with Crippen molar-refractivity contribution < 1.29 is 9.21 Å². The maximum Gasteiger partial charge on any atom is 0.278 e. The van der Waals surface area contributed by atoms with Gasteiger partial charge in [0.15, 0.2) is 11.6 Å². The maximum absolute atomic E-state index is 12.3. The number of amides is 1. The van der Waals surface area contributed by atoms with Gasteiger partial charge in [-0.15, -0.1) is 0 Å². The third kappa shape index (κ3) is 3.13. The average molecular weight is 326 g/mol. The monoisotopic (exact) mass is 326 g/mol. The smallest absolute Gasteiger partial charge is 0.278 e. The molecule has 3 heterocycles. The molecule has 0 spiro atoms. The van der Waals surface area contributed by atoms with Crippen molar-refractivity contribution in [3.63, 3.8) is 0 Å². The number of carbonyl (C=O) groups excluding carboxylic acids is 1. The zero-order valence-corrected chi connectivity index (χ0v) is 13.7. The molecule has 1 aliphatic carbocycles. The second-order valence-electron chi connectivity index (χ2n) is 6.60. The lowest BCUT2D eigenvalue weighted by Crippen LogP contribution is -2.29. The van der Waals surface area contributed by atoms with Crippen molar-refractivity contribution in [2.24, 2.45) is 0 Å². The van der Waals surface area contributed by atoms with E-state index in [0.717, 1.165) is 31.6 Å². The fraction of sp³-hybridized carbons (Fsp3) is 0.500. The van der Waals surface area contributed by atoms with Crippen LogP contribution in [0, 0.1) is 0 Å². The van der Waals surface area contributed by atoms with E-state index in [1.807, 2.05) is 18.3 Å². The Morgan fingerprint density at radius 2 is 2.00 bits per heavy atom. The van der Waals surface area contributed by atoms with Crippen LogP contribution in [0.3, 0.4) is 0 Å². The lowest BCUT2D eigenvalue weighted by atomic mass is 9.85. The van der Waals surface area contributed by atoms with E-state index in [1.165, 1.54) is 31.9 Å². The second-order valence-corrected chi connectivity index (χ2v) is 6.60. The van der Waals surface area contributed by atoms with Gasteiger partial charge in [0, 0.05) is 19.0 Å². The molecule has 2 aromatic heterocycles. The van der Waals surface area contributed by atoms with Gasteiger partial charge in [-0.25, -0.2) is 9.97 Å². The highest BCUT2D eigenvalue weighted by molar-refractivity contribution is 6.02. The molecule has 1 aliphatic heterocycles. The maximum atomic E-state index is 12.3. The number of oxazole rings is 1. The van der Waals surface area contributed by atoms with Crippen molar-refractivity contribution in [3.8, 4) is 0 Å². The number of hydrogen-bond donors (Lipinski definition) is 1. The van der Waals surface area contributed by atoms with Gasteiger partial charge in [-0.3, -0.25) is 4.79 Å². The van der Waals surface area contributed by atoms with E-state index >= 15 is 0 Å². The first-order valence-electron chi connectivity index (χ1n) is 8.77. The summed E-state index contributed by atoms with van der Waals surface area (Å²) < 4.78 is 5.43. The first-order valence-corrected chi connectivity index (χ1v) is 8.77. The highest BCUT2D eigenvalue weighted by Gasteiger charge is 2.25. The van der Waals surface area contributed by atoms with E-state index in [1.54, 1.807) is 0 Å². The molecule has 24 heavy (non-hydrogen) atoms. The van der Waals surface area contributed by atoms with Crippen LogP contribution in [0.25, 0.3) is 0 Å². The molecule has 6 heteroatoms. The molecule has 0 atom stereocenters. The standard InChI is InChI=1S/C18H22N4O2/c23-17(15-12-24-18(20-15)13-5-4-6-13)21-16-8-7-14(11-19-16)22-9-2-1-3-10-22/h7-8,11-13H,1-6,9-10H2,(H,19,21,23). The number of piperidine rings is 1. The topological polar surface area (TPSA) is 71.3 Å². The second kappa shape index (κ2) is 6.63. The summed E-state index contributed by atoms with van der Waals surface area (Å²) in [7, 11) is 0. The van der Waals surface area contributed by atoms with E-state index in [4.69, 9.17) is 4.42 Å². The molecule has 1 saturated carbocycles. The van der Waals surface area contributed by atoms with Gasteiger partial charge in [-0.05, 0) is 44.2 Å². The highest BCUT2D eigenvalue weighted by Crippen LogP contribution is 2.35. The van der Waals surface area contributed by atoms with Crippen molar-refractivity contribution >= 4 is 17.4 Å². The van der Waals surface area contributed by atoms with Crippen LogP contribution < -0.4 is 10.2 Å². The molecular weight excluding hydrogens is 304 g/mol. The summed E-state index contributed by atoms with van der Waals surface area (Å²) in [6.45, 7) is 2.16. The van der Waals surface area contributed by atoms with Crippen LogP contribution in [-0.4, -0.2) is 29.0 Å². The van der Waals surface area contributed by atoms with Gasteiger partial charge in [-0.2, -0.15) is 0 Å². The quantitative estimate of drug-likeness (QED) is 0.930. The molecule has 0 bridgehead atoms. The van der Waals surface area contributed by atoms with Gasteiger partial charge >= 0.3 is 0 Å². The summed E-state index contributed by atoms with van der Waals surface area (Å²) in [5, 5.41) is 2.79. The molecule has 4 rings (SSSR count). The summed E-state index contributed by atoms with van der Waals surface area (Å²) in [6.07, 6.45) is 10.4. The Balaban J connectivity index is 1.39. The van der Waals surface area contributed by atoms with Crippen LogP contribution in [0.5, 0.6) is 0 Å². The van der Waals surface area contributed by atoms with Crippen molar-refractivity contribution in [1.29, 1.82) is 0 Å². The average Bonchev–Trinajstić information content (AvgIpc) is 3.04. The molecule has 0 aromatic carbocycles. The van der Waals surface area contributed by atoms with Crippen molar-refractivity contribution in [1.82, 2.24) is 9.97 Å². The van der Waals surface area contributed by atoms with Crippen LogP contribution in [0.2, 0.25) is 0 Å². The lowest BCUT2D eigenvalue weighted by molar-refractivity contribution is 0.102. The van der Waals surface area contributed by atoms with Gasteiger partial charge in [0.25, 0.3) is 5.91 Å². The Labute approximate surface area is 141 Å². The minimum atomic E-state index is -0.275. The van der Waals surface area contributed by atoms with Gasteiger partial charge < -0.3 is 14.6 Å². The van der Waals surface area contributed by atoms with E-state index in [2.05, 4.69) is 20.2 Å². The van der Waals surface area contributed by atoms with E-state index < -0.39 is 0 Å². The van der Waals surface area contributed by atoms with Crippen LogP contribution in [0.1, 0.15) is 60.8 Å². The zero-order valence-electron chi connectivity index (χ0n) is 13.7. The molecule has 6 nitrogen and oxygen atoms in total. The predicted molar refractivity (Wildman–Crippen MR) is 91.3 cm³/mol. The number of anilines is 2. The Morgan fingerprint density at radius 3 is 2.67 bits per heavy atom. The molecule has 1 N–H and O–H groups in total. The third-order valence-electron chi connectivity index (χ3n) is 4.92. The predicted octanol–water partition coefficient (Wildman–Crippen LogP) is 3.58. The van der Waals surface area contributed by atoms with Crippen molar-refractivity contribution in [2.45, 2.75) is 44.4 Å². The van der Waals surface area contributed by atoms with E-state index in [9.17, 15) is 4.79 Å². The van der Waals surface area contributed by atoms with Crippen LogP contribution in [0.15, 0.2) is 29.0 Å². The van der Waals surface area contributed by atoms with Crippen LogP contribution in [0.4, 0.5) is 11.5 Å². The summed E-state index contributed by atoms with van der Waals surface area (Å²) in [4.78, 5) is 23.3. The normalized spacial score (nSPS) is 18.2. The molecule has 2 fully saturated rings. The molecular formula is C18H22N4O2. The lowest BCUT2D eigenvalue weighted by Gasteiger charge is -2.28. The van der Waals surface area contributed by atoms with E-state index in [-0.39, 0.29) is 5.91 Å². The van der Waals surface area contributed by atoms with Crippen molar-refractivity contribution in [3.05, 3.63) is 36.2 Å². The fourth-order valence-electron chi connectivity index (χ4n) is 3.21.